The lowest BCUT2D eigenvalue weighted by Gasteiger charge is -2.28. The average molecular weight is 884 g/mol. The quantitative estimate of drug-likeness (QED) is 0.0462. The number of halogens is 2. The number of ether oxygens (including phenoxy) is 3. The van der Waals surface area contributed by atoms with Gasteiger partial charge in [0.25, 0.3) is 5.56 Å². The minimum Gasteiger partial charge on any atom is -0.495 e. The minimum atomic E-state index is -0.620. The Labute approximate surface area is 367 Å². The number of nitrogens with zero attached hydrogens (tertiary/aromatic N) is 8. The van der Waals surface area contributed by atoms with E-state index < -0.39 is 16.5 Å². The van der Waals surface area contributed by atoms with Crippen molar-refractivity contribution in [2.75, 3.05) is 77.9 Å². The molecule has 322 valence electrons. The number of fused-ring (bicyclic) bond motifs is 1. The van der Waals surface area contributed by atoms with Crippen molar-refractivity contribution in [3.8, 4) is 22.6 Å². The van der Waals surface area contributed by atoms with Crippen molar-refractivity contribution >= 4 is 63.7 Å². The number of hydrogen-bond acceptors (Lipinski definition) is 13. The molecule has 0 radical (unpaired) electrons. The number of allylic oxidation sites excluding steroid dienone is 1. The molecule has 1 unspecified atom stereocenters. The number of pyridine rings is 2. The predicted octanol–water partition coefficient (Wildman–Crippen LogP) is 7.07. The van der Waals surface area contributed by atoms with Crippen molar-refractivity contribution in [3.63, 3.8) is 0 Å². The van der Waals surface area contributed by atoms with Crippen LogP contribution in [0.3, 0.4) is 0 Å². The van der Waals surface area contributed by atoms with Crippen molar-refractivity contribution in [1.82, 2.24) is 19.5 Å². The molecule has 0 spiro atoms. The Hall–Kier alpha value is -6.20. The molecule has 1 saturated heterocycles. The van der Waals surface area contributed by atoms with Crippen LogP contribution in [0.2, 0.25) is 10.0 Å². The molecular formula is C44H46Cl2N9O7+. The van der Waals surface area contributed by atoms with Crippen LogP contribution in [-0.4, -0.2) is 109 Å². The molecule has 0 amide bonds. The Kier molecular flexibility index (Phi) is 13.3. The second-order valence-corrected chi connectivity index (χ2v) is 16.3. The molecule has 3 aromatic heterocycles. The summed E-state index contributed by atoms with van der Waals surface area (Å²) in [7, 11) is 6.81. The Morgan fingerprint density at radius 1 is 1.05 bits per heavy atom. The summed E-state index contributed by atoms with van der Waals surface area (Å²) in [5, 5.41) is 15.3. The molecule has 1 fully saturated rings. The van der Waals surface area contributed by atoms with Gasteiger partial charge in [0.15, 0.2) is 5.78 Å². The van der Waals surface area contributed by atoms with Gasteiger partial charge in [-0.05, 0) is 53.3 Å². The van der Waals surface area contributed by atoms with E-state index in [2.05, 4.69) is 25.2 Å². The summed E-state index contributed by atoms with van der Waals surface area (Å²) in [6.07, 6.45) is 8.81. The highest BCUT2D eigenvalue weighted by Crippen LogP contribution is 2.45. The molecule has 1 N–H and O–H groups in total. The third-order valence-electron chi connectivity index (χ3n) is 10.7. The second kappa shape index (κ2) is 18.8. The first kappa shape index (κ1) is 43.9. The molecule has 18 heteroatoms. The van der Waals surface area contributed by atoms with Crippen LogP contribution >= 0.6 is 23.2 Å². The lowest BCUT2D eigenvalue weighted by Crippen LogP contribution is -2.41. The van der Waals surface area contributed by atoms with Crippen molar-refractivity contribution in [1.29, 1.82) is 0 Å². The van der Waals surface area contributed by atoms with Gasteiger partial charge in [-0.15, -0.1) is 0 Å². The topological polar surface area (TPSA) is 176 Å². The number of methoxy groups -OCH3 is 2. The molecule has 2 aliphatic rings. The summed E-state index contributed by atoms with van der Waals surface area (Å²) in [6, 6.07) is 13.9. The van der Waals surface area contributed by atoms with Gasteiger partial charge in [0.1, 0.15) is 35.7 Å². The fraction of sp³-hybridized carbons (Fsp3) is 0.318. The maximum atomic E-state index is 14.9. The van der Waals surface area contributed by atoms with Crippen LogP contribution in [-0.2, 0) is 16.0 Å². The van der Waals surface area contributed by atoms with Crippen molar-refractivity contribution < 1.29 is 28.4 Å². The van der Waals surface area contributed by atoms with Gasteiger partial charge in [-0.3, -0.25) is 14.2 Å². The number of aromatic nitrogens is 4. The van der Waals surface area contributed by atoms with E-state index in [0.29, 0.717) is 59.6 Å². The van der Waals surface area contributed by atoms with E-state index in [-0.39, 0.29) is 56.6 Å². The number of ketones is 1. The molecule has 5 aromatic rings. The second-order valence-electron chi connectivity index (χ2n) is 15.6. The minimum absolute atomic E-state index is 0.104. The van der Waals surface area contributed by atoms with Crippen LogP contribution in [0.4, 0.5) is 17.5 Å². The highest BCUT2D eigenvalue weighted by Gasteiger charge is 2.29. The SMILES string of the molecule is COc1cc(OC)c(Cl)c(-c2cc3cnc(Nc4ccc(N5CCOCC5)cn4)nc3n(C(C)c3cccc(CC(=O)/C=C/C[N+](C)(C)CC4=C([N+](=O)[O-])N=CC4)c3)c2=O)c1Cl. The third kappa shape index (κ3) is 9.63. The fourth-order valence-electron chi connectivity index (χ4n) is 7.58. The van der Waals surface area contributed by atoms with Gasteiger partial charge >= 0.3 is 5.82 Å². The van der Waals surface area contributed by atoms with Crippen LogP contribution < -0.4 is 25.2 Å². The lowest BCUT2D eigenvalue weighted by atomic mass is 10.00. The van der Waals surface area contributed by atoms with Gasteiger partial charge in [-0.2, -0.15) is 4.98 Å². The highest BCUT2D eigenvalue weighted by molar-refractivity contribution is 6.41. The van der Waals surface area contributed by atoms with Gasteiger partial charge < -0.3 is 39.0 Å². The Morgan fingerprint density at radius 3 is 2.47 bits per heavy atom. The maximum Gasteiger partial charge on any atom is 0.368 e. The highest BCUT2D eigenvalue weighted by atomic mass is 35.5. The Balaban J connectivity index is 1.20. The molecule has 0 aliphatic carbocycles. The molecule has 16 nitrogen and oxygen atoms in total. The number of rotatable bonds is 16. The molecule has 7 rings (SSSR count). The summed E-state index contributed by atoms with van der Waals surface area (Å²) in [5.41, 5.74) is 3.38. The van der Waals surface area contributed by atoms with Gasteiger partial charge in [0.2, 0.25) is 5.95 Å². The van der Waals surface area contributed by atoms with Crippen LogP contribution in [0.5, 0.6) is 11.5 Å². The smallest absolute Gasteiger partial charge is 0.368 e. The zero-order chi connectivity index (χ0) is 44.1. The van der Waals surface area contributed by atoms with Gasteiger partial charge in [0, 0.05) is 49.1 Å². The zero-order valence-electron chi connectivity index (χ0n) is 34.9. The van der Waals surface area contributed by atoms with Crippen molar-refractivity contribution in [3.05, 3.63) is 126 Å². The number of morpholine rings is 1. The number of nitro groups is 1. The summed E-state index contributed by atoms with van der Waals surface area (Å²) in [5.74, 6) is 1.04. The molecule has 5 heterocycles. The summed E-state index contributed by atoms with van der Waals surface area (Å²) in [6.45, 7) is 5.64. The van der Waals surface area contributed by atoms with Gasteiger partial charge in [0.05, 0.1) is 87.2 Å². The number of benzene rings is 2. The van der Waals surface area contributed by atoms with Crippen LogP contribution in [0, 0.1) is 10.1 Å². The molecule has 1 atom stereocenters. The zero-order valence-corrected chi connectivity index (χ0v) is 36.4. The third-order valence-corrected chi connectivity index (χ3v) is 11.5. The van der Waals surface area contributed by atoms with Crippen LogP contribution in [0.25, 0.3) is 22.2 Å². The first-order valence-corrected chi connectivity index (χ1v) is 20.6. The molecule has 2 aromatic carbocycles. The Bertz CT molecular complexity index is 2650. The molecule has 0 bridgehead atoms. The van der Waals surface area contributed by atoms with Crippen molar-refractivity contribution in [2.24, 2.45) is 4.99 Å². The Morgan fingerprint density at radius 2 is 1.79 bits per heavy atom. The molecular weight excluding hydrogens is 837 g/mol. The van der Waals surface area contributed by atoms with Crippen LogP contribution in [0.15, 0.2) is 94.3 Å². The van der Waals surface area contributed by atoms with E-state index in [0.717, 1.165) is 29.9 Å². The number of hydrogen-bond donors (Lipinski definition) is 1. The number of quaternary nitrogens is 1. The van der Waals surface area contributed by atoms with Gasteiger partial charge in [-0.25, -0.2) is 9.97 Å². The van der Waals surface area contributed by atoms with Crippen LogP contribution in [0.1, 0.15) is 30.5 Å². The normalized spacial score (nSPS) is 14.8. The average Bonchev–Trinajstić information content (AvgIpc) is 3.72. The van der Waals surface area contributed by atoms with E-state index in [9.17, 15) is 19.7 Å². The fourth-order valence-corrected chi connectivity index (χ4v) is 8.29. The van der Waals surface area contributed by atoms with E-state index in [1.807, 2.05) is 57.4 Å². The first-order chi connectivity index (χ1) is 29.8. The summed E-state index contributed by atoms with van der Waals surface area (Å²) < 4.78 is 18.5. The summed E-state index contributed by atoms with van der Waals surface area (Å²) >= 11 is 13.7. The summed E-state index contributed by atoms with van der Waals surface area (Å²) in [4.78, 5) is 59.3. The number of likely N-dealkylation sites (N-methyl/N-ethyl adjacent to an activating group) is 1. The molecule has 62 heavy (non-hydrogen) atoms. The number of nitrogens with one attached hydrogen (secondary N) is 1. The van der Waals surface area contributed by atoms with Crippen molar-refractivity contribution in [2.45, 2.75) is 25.8 Å². The monoisotopic (exact) mass is 882 g/mol. The number of carbonyl (C=O) groups is 1. The number of carbonyl (C=O) groups excluding carboxylic acids is 1. The van der Waals surface area contributed by atoms with E-state index >= 15 is 0 Å². The van der Waals surface area contributed by atoms with Gasteiger partial charge in [-0.1, -0.05) is 52.5 Å². The van der Waals surface area contributed by atoms with E-state index in [4.69, 9.17) is 42.4 Å². The number of anilines is 3. The maximum absolute atomic E-state index is 14.9. The lowest BCUT2D eigenvalue weighted by molar-refractivity contribution is -0.880. The molecule has 2 aliphatic heterocycles. The molecule has 0 saturated carbocycles. The largest absolute Gasteiger partial charge is 0.495 e. The first-order valence-electron chi connectivity index (χ1n) is 19.8. The number of aliphatic imine (C=N–C) groups is 1. The van der Waals surface area contributed by atoms with E-state index in [1.54, 1.807) is 41.4 Å². The van der Waals surface area contributed by atoms with E-state index in [1.165, 1.54) is 20.3 Å². The predicted molar refractivity (Wildman–Crippen MR) is 240 cm³/mol. The standard InChI is InChI=1S/C44H45Cl2N9O7/c1-27(29-9-6-8-28(20-29)21-33(56)10-7-17-55(2,3)26-30-13-14-47-41(30)54(58)59)53-42-31(22-34(43(53)57)38-39(45)35(60-4)23-36(61-5)40(38)46)24-49-44(51-42)50-37-12-11-32(25-48-37)52-15-18-62-19-16-52/h6-12,14,20,22-25,27H,13,15-19,21,26H2,1-5H3/p+1/b10-7+.